The lowest BCUT2D eigenvalue weighted by atomic mass is 9.95. The number of piperidine rings is 1. The van der Waals surface area contributed by atoms with Crippen LogP contribution in [0.1, 0.15) is 18.2 Å². The van der Waals surface area contributed by atoms with Crippen molar-refractivity contribution in [3.63, 3.8) is 0 Å². The second-order valence-corrected chi connectivity index (χ2v) is 4.71. The van der Waals surface area contributed by atoms with E-state index < -0.39 is 0 Å². The quantitative estimate of drug-likeness (QED) is 0.771. The van der Waals surface area contributed by atoms with Gasteiger partial charge in [-0.15, -0.1) is 5.10 Å². The number of hydrogen-bond acceptors (Lipinski definition) is 5. The van der Waals surface area contributed by atoms with Gasteiger partial charge in [0.05, 0.1) is 11.1 Å². The fraction of sp³-hybridized carbons (Fsp3) is 0.778. The van der Waals surface area contributed by atoms with Crippen LogP contribution in [0.3, 0.4) is 0 Å². The van der Waals surface area contributed by atoms with E-state index in [1.807, 2.05) is 6.20 Å². The van der Waals surface area contributed by atoms with Gasteiger partial charge >= 0.3 is 0 Å². The zero-order valence-electron chi connectivity index (χ0n) is 8.36. The van der Waals surface area contributed by atoms with Crippen LogP contribution in [0.2, 0.25) is 0 Å². The Hall–Kier alpha value is -0.520. The van der Waals surface area contributed by atoms with Crippen LogP contribution in [0.15, 0.2) is 6.20 Å². The van der Waals surface area contributed by atoms with Gasteiger partial charge in [-0.3, -0.25) is 0 Å². The van der Waals surface area contributed by atoms with E-state index >= 15 is 0 Å². The van der Waals surface area contributed by atoms with Crippen molar-refractivity contribution in [2.24, 2.45) is 5.92 Å². The maximum atomic E-state index is 3.84. The third-order valence-electron chi connectivity index (χ3n) is 2.73. The molecule has 78 valence electrons. The monoisotopic (exact) mass is 212 g/mol. The maximum absolute atomic E-state index is 3.84. The van der Waals surface area contributed by atoms with Crippen LogP contribution in [0.25, 0.3) is 0 Å². The van der Waals surface area contributed by atoms with Crippen molar-refractivity contribution in [3.05, 3.63) is 11.1 Å². The van der Waals surface area contributed by atoms with Crippen molar-refractivity contribution >= 4 is 11.5 Å². The standard InChI is InChI=1S/C9H16N4S/c1-7-4-10-3-2-9(7)11-5-8-6-12-13-14-8/h6-7,9-11H,2-5H2,1H3. The first-order chi connectivity index (χ1) is 6.86. The molecule has 0 aliphatic carbocycles. The fourth-order valence-corrected chi connectivity index (χ4v) is 2.26. The highest BCUT2D eigenvalue weighted by Crippen LogP contribution is 2.11. The normalized spacial score (nSPS) is 27.8. The maximum Gasteiger partial charge on any atom is 0.0666 e. The summed E-state index contributed by atoms with van der Waals surface area (Å²) in [7, 11) is 0. The minimum atomic E-state index is 0.637. The summed E-state index contributed by atoms with van der Waals surface area (Å²) in [6, 6.07) is 0.637. The molecular weight excluding hydrogens is 196 g/mol. The van der Waals surface area contributed by atoms with E-state index in [0.29, 0.717) is 12.0 Å². The highest BCUT2D eigenvalue weighted by molar-refractivity contribution is 7.05. The predicted molar refractivity (Wildman–Crippen MR) is 57.2 cm³/mol. The topological polar surface area (TPSA) is 49.8 Å². The fourth-order valence-electron chi connectivity index (χ4n) is 1.81. The number of rotatable bonds is 3. The second kappa shape index (κ2) is 4.82. The average Bonchev–Trinajstić information content (AvgIpc) is 2.69. The molecule has 1 saturated heterocycles. The lowest BCUT2D eigenvalue weighted by molar-refractivity contribution is 0.296. The van der Waals surface area contributed by atoms with Crippen molar-refractivity contribution < 1.29 is 0 Å². The van der Waals surface area contributed by atoms with Gasteiger partial charge in [0, 0.05) is 12.6 Å². The molecule has 2 heterocycles. The van der Waals surface area contributed by atoms with Crippen molar-refractivity contribution in [1.29, 1.82) is 0 Å². The van der Waals surface area contributed by atoms with Crippen LogP contribution >= 0.6 is 11.5 Å². The molecule has 5 heteroatoms. The Morgan fingerprint density at radius 3 is 3.36 bits per heavy atom. The SMILES string of the molecule is CC1CNCCC1NCc1cnns1. The molecule has 0 amide bonds. The molecule has 0 aromatic carbocycles. The molecule has 1 aromatic heterocycles. The summed E-state index contributed by atoms with van der Waals surface area (Å²) < 4.78 is 3.84. The lowest BCUT2D eigenvalue weighted by Gasteiger charge is -2.30. The van der Waals surface area contributed by atoms with Crippen molar-refractivity contribution in [2.75, 3.05) is 13.1 Å². The third kappa shape index (κ3) is 2.50. The van der Waals surface area contributed by atoms with Gasteiger partial charge in [-0.05, 0) is 37.0 Å². The van der Waals surface area contributed by atoms with Crippen molar-refractivity contribution in [3.8, 4) is 0 Å². The molecule has 1 fully saturated rings. The summed E-state index contributed by atoms with van der Waals surface area (Å²) in [4.78, 5) is 1.22. The summed E-state index contributed by atoms with van der Waals surface area (Å²) in [6.07, 6.45) is 3.05. The molecule has 1 aromatic rings. The third-order valence-corrected chi connectivity index (χ3v) is 3.39. The van der Waals surface area contributed by atoms with Gasteiger partial charge in [-0.25, -0.2) is 0 Å². The van der Waals surface area contributed by atoms with Gasteiger partial charge in [-0.1, -0.05) is 11.4 Å². The Bertz CT molecular complexity index is 262. The molecule has 2 rings (SSSR count). The van der Waals surface area contributed by atoms with E-state index in [0.717, 1.165) is 19.6 Å². The molecule has 0 bridgehead atoms. The van der Waals surface area contributed by atoms with Crippen LogP contribution in [0.4, 0.5) is 0 Å². The molecule has 0 saturated carbocycles. The van der Waals surface area contributed by atoms with Crippen LogP contribution in [-0.2, 0) is 6.54 Å². The van der Waals surface area contributed by atoms with Crippen LogP contribution < -0.4 is 10.6 Å². The van der Waals surface area contributed by atoms with Gasteiger partial charge < -0.3 is 10.6 Å². The molecule has 2 atom stereocenters. The summed E-state index contributed by atoms with van der Waals surface area (Å²) in [5, 5.41) is 10.8. The molecule has 0 radical (unpaired) electrons. The smallest absolute Gasteiger partial charge is 0.0666 e. The van der Waals surface area contributed by atoms with E-state index in [4.69, 9.17) is 0 Å². The van der Waals surface area contributed by atoms with Gasteiger partial charge in [0.2, 0.25) is 0 Å². The zero-order valence-corrected chi connectivity index (χ0v) is 9.18. The summed E-state index contributed by atoms with van der Waals surface area (Å²) >= 11 is 1.47. The van der Waals surface area contributed by atoms with Crippen molar-refractivity contribution in [2.45, 2.75) is 25.9 Å². The summed E-state index contributed by atoms with van der Waals surface area (Å²) in [5.74, 6) is 0.713. The molecule has 1 aliphatic heterocycles. The largest absolute Gasteiger partial charge is 0.316 e. The number of nitrogens with one attached hydrogen (secondary N) is 2. The minimum absolute atomic E-state index is 0.637. The van der Waals surface area contributed by atoms with E-state index in [2.05, 4.69) is 27.1 Å². The van der Waals surface area contributed by atoms with Crippen LogP contribution in [0.5, 0.6) is 0 Å². The zero-order chi connectivity index (χ0) is 9.80. The van der Waals surface area contributed by atoms with E-state index in [1.165, 1.54) is 22.8 Å². The molecule has 14 heavy (non-hydrogen) atoms. The molecule has 0 spiro atoms. The number of aromatic nitrogens is 2. The summed E-state index contributed by atoms with van der Waals surface area (Å²) in [5.41, 5.74) is 0. The molecule has 1 aliphatic rings. The van der Waals surface area contributed by atoms with Crippen molar-refractivity contribution in [1.82, 2.24) is 20.2 Å². The molecule has 2 N–H and O–H groups in total. The second-order valence-electron chi connectivity index (χ2n) is 3.84. The van der Waals surface area contributed by atoms with E-state index in [9.17, 15) is 0 Å². The lowest BCUT2D eigenvalue weighted by Crippen LogP contribution is -2.45. The molecule has 4 nitrogen and oxygen atoms in total. The summed E-state index contributed by atoms with van der Waals surface area (Å²) in [6.45, 7) is 5.45. The first kappa shape index (κ1) is 10.0. The Balaban J connectivity index is 1.79. The van der Waals surface area contributed by atoms with Gasteiger partial charge in [0.1, 0.15) is 0 Å². The van der Waals surface area contributed by atoms with Crippen LogP contribution in [0, 0.1) is 5.92 Å². The van der Waals surface area contributed by atoms with Crippen LogP contribution in [-0.4, -0.2) is 28.7 Å². The minimum Gasteiger partial charge on any atom is -0.316 e. The highest BCUT2D eigenvalue weighted by atomic mass is 32.1. The first-order valence-electron chi connectivity index (χ1n) is 5.06. The Kier molecular flexibility index (Phi) is 3.44. The van der Waals surface area contributed by atoms with E-state index in [1.54, 1.807) is 0 Å². The van der Waals surface area contributed by atoms with Gasteiger partial charge in [-0.2, -0.15) is 0 Å². The predicted octanol–water partition coefficient (Wildman–Crippen LogP) is 0.626. The van der Waals surface area contributed by atoms with Gasteiger partial charge in [0.25, 0.3) is 0 Å². The Morgan fingerprint density at radius 1 is 1.71 bits per heavy atom. The highest BCUT2D eigenvalue weighted by Gasteiger charge is 2.20. The average molecular weight is 212 g/mol. The van der Waals surface area contributed by atoms with E-state index in [-0.39, 0.29) is 0 Å². The van der Waals surface area contributed by atoms with Gasteiger partial charge in [0.15, 0.2) is 0 Å². The number of nitrogens with zero attached hydrogens (tertiary/aromatic N) is 2. The molecule has 2 unspecified atom stereocenters. The molecular formula is C9H16N4S. The Morgan fingerprint density at radius 2 is 2.64 bits per heavy atom. The Labute approximate surface area is 88.3 Å². The first-order valence-corrected chi connectivity index (χ1v) is 5.84. The number of hydrogen-bond donors (Lipinski definition) is 2.